The summed E-state index contributed by atoms with van der Waals surface area (Å²) in [7, 11) is -3.28. The minimum atomic E-state index is -3.28. The lowest BCUT2D eigenvalue weighted by Crippen LogP contribution is -2.51. The van der Waals surface area contributed by atoms with Crippen LogP contribution in [0.25, 0.3) is 0 Å². The van der Waals surface area contributed by atoms with Crippen LogP contribution in [0.3, 0.4) is 0 Å². The molecule has 0 atom stereocenters. The van der Waals surface area contributed by atoms with Crippen molar-refractivity contribution in [3.8, 4) is 0 Å². The molecule has 0 aromatic carbocycles. The summed E-state index contributed by atoms with van der Waals surface area (Å²) < 4.78 is 33.5. The highest BCUT2D eigenvalue weighted by Gasteiger charge is 2.33. The van der Waals surface area contributed by atoms with E-state index in [0.29, 0.717) is 51.2 Å². The zero-order valence-corrected chi connectivity index (χ0v) is 14.1. The van der Waals surface area contributed by atoms with Crippen LogP contribution >= 0.6 is 0 Å². The lowest BCUT2D eigenvalue weighted by Gasteiger charge is -2.36. The van der Waals surface area contributed by atoms with Gasteiger partial charge < -0.3 is 10.1 Å². The summed E-state index contributed by atoms with van der Waals surface area (Å²) in [5, 5.41) is 3.48. The maximum absolute atomic E-state index is 12.5. The van der Waals surface area contributed by atoms with Crippen LogP contribution in [0.15, 0.2) is 0 Å². The zero-order chi connectivity index (χ0) is 15.3. The molecule has 2 heterocycles. The van der Waals surface area contributed by atoms with Crippen molar-refractivity contribution in [1.29, 1.82) is 0 Å². The minimum Gasteiger partial charge on any atom is -0.379 e. The summed E-state index contributed by atoms with van der Waals surface area (Å²) in [6.45, 7) is 9.71. The average Bonchev–Trinajstić information content (AvgIpc) is 2.48. The van der Waals surface area contributed by atoms with Gasteiger partial charge in [0.2, 0.25) is 0 Å². The molecule has 0 radical (unpaired) electrons. The molecule has 2 aliphatic heterocycles. The molecule has 0 aromatic heterocycles. The second kappa shape index (κ2) is 7.87. The third-order valence-electron chi connectivity index (χ3n) is 4.18. The number of morpholine rings is 1. The van der Waals surface area contributed by atoms with Crippen LogP contribution < -0.4 is 5.32 Å². The molecule has 2 saturated heterocycles. The molecule has 2 rings (SSSR count). The molecule has 0 spiro atoms. The SMILES string of the molecule is CC(C)CNCC1CCN(S(=O)(=O)N2CCOCC2)CC1. The highest BCUT2D eigenvalue weighted by molar-refractivity contribution is 7.86. The van der Waals surface area contributed by atoms with Crippen molar-refractivity contribution in [2.45, 2.75) is 26.7 Å². The highest BCUT2D eigenvalue weighted by Crippen LogP contribution is 2.21. The van der Waals surface area contributed by atoms with E-state index >= 15 is 0 Å². The fourth-order valence-electron chi connectivity index (χ4n) is 2.86. The van der Waals surface area contributed by atoms with Gasteiger partial charge in [-0.05, 0) is 37.8 Å². The maximum Gasteiger partial charge on any atom is 0.282 e. The van der Waals surface area contributed by atoms with Crippen molar-refractivity contribution in [3.05, 3.63) is 0 Å². The highest BCUT2D eigenvalue weighted by atomic mass is 32.2. The van der Waals surface area contributed by atoms with Gasteiger partial charge in [-0.15, -0.1) is 0 Å². The van der Waals surface area contributed by atoms with Crippen LogP contribution in [0.4, 0.5) is 0 Å². The quantitative estimate of drug-likeness (QED) is 0.775. The van der Waals surface area contributed by atoms with E-state index < -0.39 is 10.2 Å². The number of rotatable bonds is 6. The van der Waals surface area contributed by atoms with Crippen molar-refractivity contribution in [2.24, 2.45) is 11.8 Å². The molecule has 0 aliphatic carbocycles. The number of hydrogen-bond donors (Lipinski definition) is 1. The van der Waals surface area contributed by atoms with E-state index in [1.807, 2.05) is 0 Å². The third-order valence-corrected chi connectivity index (χ3v) is 6.22. The lowest BCUT2D eigenvalue weighted by atomic mass is 9.98. The van der Waals surface area contributed by atoms with Crippen LogP contribution in [0, 0.1) is 11.8 Å². The Labute approximate surface area is 129 Å². The smallest absolute Gasteiger partial charge is 0.282 e. The second-order valence-electron chi connectivity index (χ2n) is 6.41. The van der Waals surface area contributed by atoms with Gasteiger partial charge in [-0.1, -0.05) is 13.8 Å². The van der Waals surface area contributed by atoms with E-state index in [-0.39, 0.29) is 0 Å². The Morgan fingerprint density at radius 1 is 1.10 bits per heavy atom. The molecule has 0 saturated carbocycles. The first-order valence-corrected chi connectivity index (χ1v) is 9.43. The Kier molecular flexibility index (Phi) is 6.43. The van der Waals surface area contributed by atoms with E-state index in [2.05, 4.69) is 19.2 Å². The topological polar surface area (TPSA) is 61.9 Å². The predicted molar refractivity (Wildman–Crippen MR) is 83.3 cm³/mol. The molecule has 124 valence electrons. The van der Waals surface area contributed by atoms with Gasteiger partial charge in [0.25, 0.3) is 10.2 Å². The maximum atomic E-state index is 12.5. The number of piperidine rings is 1. The molecular weight excluding hydrogens is 290 g/mol. The second-order valence-corrected chi connectivity index (χ2v) is 8.34. The third kappa shape index (κ3) is 4.89. The largest absolute Gasteiger partial charge is 0.379 e. The Balaban J connectivity index is 1.77. The molecule has 7 heteroatoms. The summed E-state index contributed by atoms with van der Waals surface area (Å²) in [6, 6.07) is 0. The zero-order valence-electron chi connectivity index (χ0n) is 13.3. The van der Waals surface area contributed by atoms with Crippen LogP contribution in [0.5, 0.6) is 0 Å². The Morgan fingerprint density at radius 3 is 2.24 bits per heavy atom. The standard InChI is InChI=1S/C14H29N3O3S/c1-13(2)11-15-12-14-3-5-16(6-4-14)21(18,19)17-7-9-20-10-8-17/h13-15H,3-12H2,1-2H3. The van der Waals surface area contributed by atoms with Gasteiger partial charge in [0.05, 0.1) is 13.2 Å². The predicted octanol–water partition coefficient (Wildman–Crippen LogP) is 0.521. The molecular formula is C14H29N3O3S. The van der Waals surface area contributed by atoms with Gasteiger partial charge in [0.1, 0.15) is 0 Å². The molecule has 0 bridgehead atoms. The van der Waals surface area contributed by atoms with Gasteiger partial charge in [-0.3, -0.25) is 0 Å². The molecule has 0 aromatic rings. The van der Waals surface area contributed by atoms with Gasteiger partial charge in [0, 0.05) is 26.2 Å². The molecule has 1 N–H and O–H groups in total. The summed E-state index contributed by atoms with van der Waals surface area (Å²) in [4.78, 5) is 0. The van der Waals surface area contributed by atoms with Gasteiger partial charge >= 0.3 is 0 Å². The van der Waals surface area contributed by atoms with Crippen molar-refractivity contribution >= 4 is 10.2 Å². The van der Waals surface area contributed by atoms with E-state index in [9.17, 15) is 8.42 Å². The van der Waals surface area contributed by atoms with Crippen LogP contribution in [-0.2, 0) is 14.9 Å². The number of nitrogens with one attached hydrogen (secondary N) is 1. The first-order valence-electron chi connectivity index (χ1n) is 8.04. The Morgan fingerprint density at radius 2 is 1.67 bits per heavy atom. The number of nitrogens with zero attached hydrogens (tertiary/aromatic N) is 2. The van der Waals surface area contributed by atoms with Crippen LogP contribution in [0.2, 0.25) is 0 Å². The Bertz CT molecular complexity index is 400. The van der Waals surface area contributed by atoms with Gasteiger partial charge in [-0.25, -0.2) is 0 Å². The summed E-state index contributed by atoms with van der Waals surface area (Å²) in [5.41, 5.74) is 0. The summed E-state index contributed by atoms with van der Waals surface area (Å²) in [5.74, 6) is 1.26. The molecule has 0 amide bonds. The first-order chi connectivity index (χ1) is 10.00. The van der Waals surface area contributed by atoms with E-state index in [1.54, 1.807) is 8.61 Å². The average molecular weight is 319 g/mol. The Hall–Kier alpha value is -0.210. The van der Waals surface area contributed by atoms with Crippen molar-refractivity contribution in [2.75, 3.05) is 52.5 Å². The fraction of sp³-hybridized carbons (Fsp3) is 1.00. The first kappa shape index (κ1) is 17.1. The van der Waals surface area contributed by atoms with E-state index in [4.69, 9.17) is 4.74 Å². The van der Waals surface area contributed by atoms with Crippen LogP contribution in [0.1, 0.15) is 26.7 Å². The molecule has 2 fully saturated rings. The van der Waals surface area contributed by atoms with Gasteiger partial charge in [0.15, 0.2) is 0 Å². The number of hydrogen-bond acceptors (Lipinski definition) is 4. The minimum absolute atomic E-state index is 0.484. The monoisotopic (exact) mass is 319 g/mol. The molecule has 21 heavy (non-hydrogen) atoms. The lowest BCUT2D eigenvalue weighted by molar-refractivity contribution is 0.0693. The van der Waals surface area contributed by atoms with E-state index in [0.717, 1.165) is 25.9 Å². The number of ether oxygens (including phenoxy) is 1. The normalized spacial score (nSPS) is 23.8. The van der Waals surface area contributed by atoms with Crippen molar-refractivity contribution in [1.82, 2.24) is 13.9 Å². The molecule has 2 aliphatic rings. The van der Waals surface area contributed by atoms with Crippen molar-refractivity contribution in [3.63, 3.8) is 0 Å². The fourth-order valence-corrected chi connectivity index (χ4v) is 4.47. The van der Waals surface area contributed by atoms with Crippen molar-refractivity contribution < 1.29 is 13.2 Å². The van der Waals surface area contributed by atoms with Crippen LogP contribution in [-0.4, -0.2) is 69.5 Å². The molecule has 6 nitrogen and oxygen atoms in total. The molecule has 0 unspecified atom stereocenters. The summed E-state index contributed by atoms with van der Waals surface area (Å²) >= 11 is 0. The van der Waals surface area contributed by atoms with E-state index in [1.165, 1.54) is 0 Å². The summed E-state index contributed by atoms with van der Waals surface area (Å²) in [6.07, 6.45) is 1.91. The van der Waals surface area contributed by atoms with Gasteiger partial charge in [-0.2, -0.15) is 17.0 Å².